The number of carbonyl (C=O) groups is 1. The number of anilines is 1. The molecule has 1 aromatic carbocycles. The van der Waals surface area contributed by atoms with Gasteiger partial charge in [-0.25, -0.2) is 13.8 Å². The number of aromatic amines is 1. The van der Waals surface area contributed by atoms with Crippen LogP contribution >= 0.6 is 11.6 Å². The van der Waals surface area contributed by atoms with Crippen LogP contribution in [-0.2, 0) is 4.79 Å². The second-order valence-electron chi connectivity index (χ2n) is 9.15. The van der Waals surface area contributed by atoms with Gasteiger partial charge in [0.2, 0.25) is 5.91 Å². The molecule has 4 aromatic rings. The van der Waals surface area contributed by atoms with Crippen LogP contribution in [0.4, 0.5) is 14.6 Å². The van der Waals surface area contributed by atoms with Crippen molar-refractivity contribution in [2.75, 3.05) is 5.32 Å². The number of rotatable bonds is 6. The molecule has 35 heavy (non-hydrogen) atoms. The zero-order chi connectivity index (χ0) is 24.5. The Kier molecular flexibility index (Phi) is 4.81. The van der Waals surface area contributed by atoms with Crippen LogP contribution in [0.3, 0.4) is 0 Å². The van der Waals surface area contributed by atoms with E-state index in [1.807, 2.05) is 0 Å². The molecule has 178 valence electrons. The fraction of sp³-hybridized carbons (Fsp3) is 0.348. The average Bonchev–Trinajstić information content (AvgIpc) is 3.66. The largest absolute Gasteiger partial charge is 0.309 e. The highest BCUT2D eigenvalue weighted by atomic mass is 35.5. The van der Waals surface area contributed by atoms with E-state index in [0.29, 0.717) is 46.2 Å². The molecule has 3 N–H and O–H groups in total. The number of aromatic nitrogens is 5. The van der Waals surface area contributed by atoms with Crippen LogP contribution < -0.4 is 10.6 Å². The summed E-state index contributed by atoms with van der Waals surface area (Å²) in [6.07, 6.45) is 6.75. The van der Waals surface area contributed by atoms with Crippen molar-refractivity contribution in [2.45, 2.75) is 43.9 Å². The molecule has 2 fully saturated rings. The second kappa shape index (κ2) is 7.69. The molecule has 2 aliphatic carbocycles. The summed E-state index contributed by atoms with van der Waals surface area (Å²) in [4.78, 5) is 20.7. The summed E-state index contributed by atoms with van der Waals surface area (Å²) < 4.78 is 30.4. The van der Waals surface area contributed by atoms with Gasteiger partial charge in [0.15, 0.2) is 11.5 Å². The minimum Gasteiger partial charge on any atom is -0.309 e. The molecule has 0 saturated heterocycles. The number of amides is 1. The van der Waals surface area contributed by atoms with Crippen LogP contribution in [0, 0.1) is 23.1 Å². The highest BCUT2D eigenvalue weighted by Crippen LogP contribution is 2.43. The maximum Gasteiger partial charge on any atom is 0.231 e. The van der Waals surface area contributed by atoms with Crippen molar-refractivity contribution < 1.29 is 13.6 Å². The van der Waals surface area contributed by atoms with Gasteiger partial charge in [-0.1, -0.05) is 11.6 Å². The minimum absolute atomic E-state index is 0.118. The molecule has 3 unspecified atom stereocenters. The van der Waals surface area contributed by atoms with Gasteiger partial charge in [0.25, 0.3) is 0 Å². The first kappa shape index (κ1) is 21.9. The van der Waals surface area contributed by atoms with E-state index < -0.39 is 35.4 Å². The van der Waals surface area contributed by atoms with Crippen molar-refractivity contribution >= 4 is 39.9 Å². The predicted molar refractivity (Wildman–Crippen MR) is 124 cm³/mol. The van der Waals surface area contributed by atoms with Crippen LogP contribution in [0.2, 0.25) is 5.02 Å². The molecule has 0 radical (unpaired) electrons. The zero-order valence-corrected chi connectivity index (χ0v) is 19.2. The maximum absolute atomic E-state index is 15.7. The van der Waals surface area contributed by atoms with Crippen LogP contribution in [0.25, 0.3) is 27.8 Å². The number of alkyl halides is 1. The third-order valence-corrected chi connectivity index (χ3v) is 6.97. The van der Waals surface area contributed by atoms with Crippen LogP contribution in [0.5, 0.6) is 0 Å². The third-order valence-electron chi connectivity index (χ3n) is 6.61. The zero-order valence-electron chi connectivity index (χ0n) is 18.4. The molecule has 12 heteroatoms. The maximum atomic E-state index is 15.7. The van der Waals surface area contributed by atoms with E-state index in [4.69, 9.17) is 11.6 Å². The van der Waals surface area contributed by atoms with E-state index in [1.165, 1.54) is 6.20 Å². The normalized spacial score (nSPS) is 21.1. The third kappa shape index (κ3) is 3.61. The number of H-pyrrole nitrogens is 1. The molecule has 2 saturated carbocycles. The van der Waals surface area contributed by atoms with Gasteiger partial charge in [-0.2, -0.15) is 10.4 Å². The van der Waals surface area contributed by atoms with Crippen LogP contribution in [0.15, 0.2) is 24.8 Å². The number of hydrogen-bond donors (Lipinski definition) is 3. The second-order valence-corrected chi connectivity index (χ2v) is 9.52. The Hall–Kier alpha value is -3.62. The predicted octanol–water partition coefficient (Wildman–Crippen LogP) is 4.07. The number of fused-ring (bicyclic) bond motifs is 2. The fourth-order valence-corrected chi connectivity index (χ4v) is 4.74. The molecule has 3 heterocycles. The molecular weight excluding hydrogens is 478 g/mol. The molecule has 3 aromatic heterocycles. The lowest BCUT2D eigenvalue weighted by molar-refractivity contribution is -0.117. The molecule has 9 nitrogen and oxygen atoms in total. The summed E-state index contributed by atoms with van der Waals surface area (Å²) in [7, 11) is 0. The fourth-order valence-electron chi connectivity index (χ4n) is 4.44. The number of imidazole rings is 1. The van der Waals surface area contributed by atoms with Gasteiger partial charge in [-0.15, -0.1) is 0 Å². The number of hydrogen-bond acceptors (Lipinski definition) is 6. The van der Waals surface area contributed by atoms with E-state index in [2.05, 4.69) is 36.9 Å². The van der Waals surface area contributed by atoms with Crippen LogP contribution in [-0.4, -0.2) is 42.2 Å². The van der Waals surface area contributed by atoms with Gasteiger partial charge in [-0.05, 0) is 26.2 Å². The number of carbonyl (C=O) groups excluding carboxylic acids is 1. The monoisotopic (exact) mass is 496 g/mol. The highest BCUT2D eigenvalue weighted by Gasteiger charge is 2.45. The number of nitrogens with one attached hydrogen (secondary N) is 3. The average molecular weight is 497 g/mol. The number of benzene rings is 1. The SMILES string of the molecule is CC(NC1(C#N)CC1)c1c(F)c(Cl)c(-c2cn3cc(NC(=O)C4CC4F)nc3cn2)c2cn[nH]c12. The summed E-state index contributed by atoms with van der Waals surface area (Å²) in [5.74, 6) is -1.41. The first-order valence-corrected chi connectivity index (χ1v) is 11.5. The molecule has 1 amide bonds. The van der Waals surface area contributed by atoms with Gasteiger partial charge in [0, 0.05) is 28.8 Å². The number of nitrogens with zero attached hydrogens (tertiary/aromatic N) is 5. The lowest BCUT2D eigenvalue weighted by Crippen LogP contribution is -2.32. The Morgan fingerprint density at radius 1 is 1.40 bits per heavy atom. The van der Waals surface area contributed by atoms with Crippen molar-refractivity contribution in [2.24, 2.45) is 5.92 Å². The van der Waals surface area contributed by atoms with Crippen LogP contribution in [0.1, 0.15) is 37.8 Å². The van der Waals surface area contributed by atoms with Crippen molar-refractivity contribution in [1.82, 2.24) is 29.9 Å². The lowest BCUT2D eigenvalue weighted by Gasteiger charge is -2.21. The Morgan fingerprint density at radius 3 is 2.86 bits per heavy atom. The van der Waals surface area contributed by atoms with Crippen molar-refractivity contribution in [3.05, 3.63) is 41.2 Å². The summed E-state index contributed by atoms with van der Waals surface area (Å²) in [5, 5.41) is 22.6. The standard InChI is InChI=1S/C23H19ClF2N8O/c1-10(32-23(9-27)2-3-23)17-20(26)19(24)18(12-5-29-33-21(12)17)14-7-34-8-15(30-16(34)6-28-14)31-22(35)11-4-13(11)25/h5-8,10-11,13,32H,2-4H2,1H3,(H,29,33)(H,31,35). The molecule has 6 rings (SSSR count). The number of halogens is 3. The summed E-state index contributed by atoms with van der Waals surface area (Å²) in [5.41, 5.74) is 1.28. The Morgan fingerprint density at radius 2 is 2.17 bits per heavy atom. The van der Waals surface area contributed by atoms with Gasteiger partial charge in [0.1, 0.15) is 17.5 Å². The molecule has 2 aliphatic rings. The summed E-state index contributed by atoms with van der Waals surface area (Å²) >= 11 is 6.55. The van der Waals surface area contributed by atoms with E-state index in [-0.39, 0.29) is 17.3 Å². The minimum atomic E-state index is -1.11. The van der Waals surface area contributed by atoms with Gasteiger partial charge in [-0.3, -0.25) is 20.2 Å². The quantitative estimate of drug-likeness (QED) is 0.369. The first-order chi connectivity index (χ1) is 16.8. The Bertz CT molecular complexity index is 1550. The Balaban J connectivity index is 1.39. The van der Waals surface area contributed by atoms with E-state index in [1.54, 1.807) is 29.9 Å². The van der Waals surface area contributed by atoms with Gasteiger partial charge >= 0.3 is 0 Å². The van der Waals surface area contributed by atoms with Crippen molar-refractivity contribution in [3.8, 4) is 17.3 Å². The van der Waals surface area contributed by atoms with Gasteiger partial charge in [0.05, 0.1) is 46.8 Å². The van der Waals surface area contributed by atoms with Crippen molar-refractivity contribution in [1.29, 1.82) is 5.26 Å². The van der Waals surface area contributed by atoms with E-state index >= 15 is 4.39 Å². The van der Waals surface area contributed by atoms with Crippen molar-refractivity contribution in [3.63, 3.8) is 0 Å². The molecular formula is C23H19ClF2N8O. The smallest absolute Gasteiger partial charge is 0.231 e. The highest BCUT2D eigenvalue weighted by molar-refractivity contribution is 6.35. The molecule has 0 aliphatic heterocycles. The summed E-state index contributed by atoms with van der Waals surface area (Å²) in [6.45, 7) is 1.78. The Labute approximate surface area is 202 Å². The first-order valence-electron chi connectivity index (χ1n) is 11.1. The topological polar surface area (TPSA) is 124 Å². The van der Waals surface area contributed by atoms with Gasteiger partial charge < -0.3 is 9.72 Å². The van der Waals surface area contributed by atoms with E-state index in [9.17, 15) is 14.4 Å². The summed E-state index contributed by atoms with van der Waals surface area (Å²) in [6, 6.07) is 1.76. The van der Waals surface area contributed by atoms with E-state index in [0.717, 1.165) is 0 Å². The lowest BCUT2D eigenvalue weighted by atomic mass is 9.98. The molecule has 0 spiro atoms. The number of nitriles is 1. The molecule has 3 atom stereocenters. The molecule has 0 bridgehead atoms.